The van der Waals surface area contributed by atoms with Crippen LogP contribution in [0.15, 0.2) is 29.7 Å². The zero-order valence-corrected chi connectivity index (χ0v) is 10.6. The number of hydrogen-bond donors (Lipinski definition) is 2. The van der Waals surface area contributed by atoms with E-state index >= 15 is 0 Å². The first-order valence-corrected chi connectivity index (χ1v) is 7.10. The Morgan fingerprint density at radius 2 is 2.17 bits per heavy atom. The molecule has 0 fully saturated rings. The van der Waals surface area contributed by atoms with Crippen LogP contribution in [0.1, 0.15) is 15.9 Å². The van der Waals surface area contributed by atoms with Crippen molar-refractivity contribution in [3.63, 3.8) is 0 Å². The molecule has 0 amide bonds. The number of aromatic carboxylic acids is 1. The molecule has 2 N–H and O–H groups in total. The summed E-state index contributed by atoms with van der Waals surface area (Å²) in [6.45, 7) is 1.80. The first-order valence-electron chi connectivity index (χ1n) is 5.39. The Morgan fingerprint density at radius 3 is 2.72 bits per heavy atom. The van der Waals surface area contributed by atoms with Crippen molar-refractivity contribution in [3.05, 3.63) is 40.8 Å². The van der Waals surface area contributed by atoms with Crippen LogP contribution in [0, 0.1) is 6.92 Å². The van der Waals surface area contributed by atoms with Gasteiger partial charge in [-0.3, -0.25) is 0 Å². The molecule has 1 aliphatic heterocycles. The highest BCUT2D eigenvalue weighted by Crippen LogP contribution is 2.21. The van der Waals surface area contributed by atoms with Crippen molar-refractivity contribution in [2.75, 3.05) is 11.1 Å². The van der Waals surface area contributed by atoms with E-state index in [9.17, 15) is 13.2 Å². The Labute approximate surface area is 105 Å². The molecule has 2 rings (SSSR count). The lowest BCUT2D eigenvalue weighted by Gasteiger charge is -2.14. The lowest BCUT2D eigenvalue weighted by atomic mass is 10.1. The van der Waals surface area contributed by atoms with Crippen LogP contribution in [-0.4, -0.2) is 31.3 Å². The molecule has 1 aromatic rings. The molecular formula is C12H13NO4S. The number of sulfone groups is 1. The van der Waals surface area contributed by atoms with Crippen molar-refractivity contribution in [1.82, 2.24) is 0 Å². The number of anilines is 1. The Bertz CT molecular complexity index is 619. The first-order chi connectivity index (χ1) is 8.37. The van der Waals surface area contributed by atoms with E-state index in [4.69, 9.17) is 5.11 Å². The highest BCUT2D eigenvalue weighted by atomic mass is 32.2. The Kier molecular flexibility index (Phi) is 3.13. The van der Waals surface area contributed by atoms with Crippen molar-refractivity contribution in [3.8, 4) is 0 Å². The van der Waals surface area contributed by atoms with Gasteiger partial charge in [0, 0.05) is 11.1 Å². The van der Waals surface area contributed by atoms with Crippen LogP contribution in [0.3, 0.4) is 0 Å². The summed E-state index contributed by atoms with van der Waals surface area (Å²) in [7, 11) is -3.15. The van der Waals surface area contributed by atoms with Gasteiger partial charge < -0.3 is 10.4 Å². The van der Waals surface area contributed by atoms with E-state index in [-0.39, 0.29) is 17.4 Å². The molecule has 96 valence electrons. The number of benzene rings is 1. The molecule has 1 aliphatic rings. The normalized spacial score (nSPS) is 20.8. The summed E-state index contributed by atoms with van der Waals surface area (Å²) in [6, 6.07) is 4.60. The molecule has 0 saturated heterocycles. The first kappa shape index (κ1) is 12.6. The molecule has 0 aliphatic carbocycles. The van der Waals surface area contributed by atoms with E-state index in [2.05, 4.69) is 5.32 Å². The van der Waals surface area contributed by atoms with Crippen LogP contribution in [0.25, 0.3) is 0 Å². The molecule has 0 radical (unpaired) electrons. The van der Waals surface area contributed by atoms with Crippen molar-refractivity contribution in [2.24, 2.45) is 0 Å². The fraction of sp³-hybridized carbons (Fsp3) is 0.250. The third kappa shape index (κ3) is 2.70. The molecule has 1 atom stereocenters. The van der Waals surface area contributed by atoms with Crippen LogP contribution >= 0.6 is 0 Å². The number of nitrogens with one attached hydrogen (secondary N) is 1. The van der Waals surface area contributed by atoms with Gasteiger partial charge in [0.15, 0.2) is 9.84 Å². The molecule has 0 saturated carbocycles. The maximum absolute atomic E-state index is 11.3. The number of carboxylic acid groups (broad SMARTS) is 1. The standard InChI is InChI=1S/C12H13NO4S/c1-8-2-3-11(10(6-8)12(14)15)13-9-4-5-18(16,17)7-9/h2-6,9,13H,7H2,1H3,(H,14,15). The topological polar surface area (TPSA) is 83.5 Å². The molecule has 0 spiro atoms. The monoisotopic (exact) mass is 267 g/mol. The fourth-order valence-corrected chi connectivity index (χ4v) is 3.06. The minimum atomic E-state index is -3.15. The second-order valence-electron chi connectivity index (χ2n) is 4.26. The van der Waals surface area contributed by atoms with Gasteiger partial charge in [0.2, 0.25) is 0 Å². The molecule has 0 bridgehead atoms. The molecule has 1 heterocycles. The fourth-order valence-electron chi connectivity index (χ4n) is 1.83. The summed E-state index contributed by atoms with van der Waals surface area (Å²) in [4.78, 5) is 11.1. The van der Waals surface area contributed by atoms with E-state index in [0.717, 1.165) is 11.0 Å². The van der Waals surface area contributed by atoms with Gasteiger partial charge in [-0.15, -0.1) is 0 Å². The largest absolute Gasteiger partial charge is 0.478 e. The van der Waals surface area contributed by atoms with Gasteiger partial charge in [-0.1, -0.05) is 17.7 Å². The van der Waals surface area contributed by atoms with Gasteiger partial charge in [-0.2, -0.15) is 0 Å². The summed E-state index contributed by atoms with van der Waals surface area (Å²) < 4.78 is 22.5. The Morgan fingerprint density at radius 1 is 1.44 bits per heavy atom. The van der Waals surface area contributed by atoms with Crippen molar-refractivity contribution >= 4 is 21.5 Å². The molecule has 5 nitrogen and oxygen atoms in total. The van der Waals surface area contributed by atoms with Crippen LogP contribution in [0.5, 0.6) is 0 Å². The van der Waals surface area contributed by atoms with E-state index < -0.39 is 15.8 Å². The number of aryl methyl sites for hydroxylation is 1. The summed E-state index contributed by atoms with van der Waals surface area (Å²) >= 11 is 0. The van der Waals surface area contributed by atoms with Crippen molar-refractivity contribution in [2.45, 2.75) is 13.0 Å². The van der Waals surface area contributed by atoms with Gasteiger partial charge in [0.05, 0.1) is 17.4 Å². The van der Waals surface area contributed by atoms with E-state index in [0.29, 0.717) is 5.69 Å². The van der Waals surface area contributed by atoms with Gasteiger partial charge in [0.1, 0.15) is 0 Å². The molecule has 1 aromatic carbocycles. The minimum Gasteiger partial charge on any atom is -0.478 e. The molecular weight excluding hydrogens is 254 g/mol. The summed E-state index contributed by atoms with van der Waals surface area (Å²) in [5.74, 6) is -1.08. The van der Waals surface area contributed by atoms with Crippen molar-refractivity contribution < 1.29 is 18.3 Å². The molecule has 18 heavy (non-hydrogen) atoms. The van der Waals surface area contributed by atoms with E-state index in [1.165, 1.54) is 6.08 Å². The molecule has 6 heteroatoms. The average Bonchev–Trinajstić information content (AvgIpc) is 2.60. The van der Waals surface area contributed by atoms with Gasteiger partial charge >= 0.3 is 5.97 Å². The number of hydrogen-bond acceptors (Lipinski definition) is 4. The lowest BCUT2D eigenvalue weighted by molar-refractivity contribution is 0.0698. The second kappa shape index (κ2) is 4.45. The summed E-state index contributed by atoms with van der Waals surface area (Å²) in [5.41, 5.74) is 1.42. The maximum atomic E-state index is 11.3. The van der Waals surface area contributed by atoms with Crippen LogP contribution in [-0.2, 0) is 9.84 Å². The molecule has 0 aromatic heterocycles. The van der Waals surface area contributed by atoms with Gasteiger partial charge in [-0.05, 0) is 19.1 Å². The third-order valence-corrected chi connectivity index (χ3v) is 4.07. The number of carboxylic acids is 1. The van der Waals surface area contributed by atoms with E-state index in [1.54, 1.807) is 25.1 Å². The number of carbonyl (C=O) groups is 1. The van der Waals surface area contributed by atoms with Crippen LogP contribution in [0.4, 0.5) is 5.69 Å². The highest BCUT2D eigenvalue weighted by Gasteiger charge is 2.22. The zero-order chi connectivity index (χ0) is 13.3. The van der Waals surface area contributed by atoms with Crippen LogP contribution in [0.2, 0.25) is 0 Å². The summed E-state index contributed by atoms with van der Waals surface area (Å²) in [6.07, 6.45) is 1.53. The maximum Gasteiger partial charge on any atom is 0.337 e. The highest BCUT2D eigenvalue weighted by molar-refractivity contribution is 7.94. The number of rotatable bonds is 3. The Hall–Kier alpha value is -1.82. The predicted octanol–water partition coefficient (Wildman–Crippen LogP) is 1.42. The Balaban J connectivity index is 2.25. The zero-order valence-electron chi connectivity index (χ0n) is 9.75. The van der Waals surface area contributed by atoms with Crippen LogP contribution < -0.4 is 5.32 Å². The summed E-state index contributed by atoms with van der Waals surface area (Å²) in [5, 5.41) is 13.2. The molecule has 1 unspecified atom stereocenters. The SMILES string of the molecule is Cc1ccc(NC2C=CS(=O)(=O)C2)c(C(=O)O)c1. The van der Waals surface area contributed by atoms with Gasteiger partial charge in [0.25, 0.3) is 0 Å². The average molecular weight is 267 g/mol. The smallest absolute Gasteiger partial charge is 0.337 e. The lowest BCUT2D eigenvalue weighted by Crippen LogP contribution is -2.22. The quantitative estimate of drug-likeness (QED) is 0.865. The second-order valence-corrected chi connectivity index (χ2v) is 6.19. The minimum absolute atomic E-state index is 0.0417. The van der Waals surface area contributed by atoms with Crippen molar-refractivity contribution in [1.29, 1.82) is 0 Å². The van der Waals surface area contributed by atoms with E-state index in [1.807, 2.05) is 0 Å². The third-order valence-electron chi connectivity index (χ3n) is 2.68. The predicted molar refractivity (Wildman–Crippen MR) is 68.5 cm³/mol. The van der Waals surface area contributed by atoms with Gasteiger partial charge in [-0.25, -0.2) is 13.2 Å².